The summed E-state index contributed by atoms with van der Waals surface area (Å²) in [5.74, 6) is 0. The van der Waals surface area contributed by atoms with E-state index in [0.29, 0.717) is 0 Å². The van der Waals surface area contributed by atoms with Gasteiger partial charge in [0, 0.05) is 11.1 Å². The van der Waals surface area contributed by atoms with Crippen molar-refractivity contribution in [2.45, 2.75) is 8.22 Å². The Bertz CT molecular complexity index is 496. The third-order valence-corrected chi connectivity index (χ3v) is 4.47. The third-order valence-electron chi connectivity index (χ3n) is 2.52. The Morgan fingerprint density at radius 2 is 1.10 bits per heavy atom. The van der Waals surface area contributed by atoms with Crippen molar-refractivity contribution in [1.29, 1.82) is 0 Å². The van der Waals surface area contributed by atoms with E-state index in [4.69, 9.17) is 9.47 Å². The van der Waals surface area contributed by atoms with E-state index < -0.39 is 6.16 Å². The van der Waals surface area contributed by atoms with Gasteiger partial charge in [0.05, 0.1) is 0 Å². The van der Waals surface area contributed by atoms with Gasteiger partial charge in [-0.2, -0.15) is 0 Å². The molecule has 0 aliphatic carbocycles. The second kappa shape index (κ2) is 7.82. The van der Waals surface area contributed by atoms with E-state index in [9.17, 15) is 4.79 Å². The predicted octanol–water partition coefficient (Wildman–Crippen LogP) is 5.41. The minimum absolute atomic E-state index is 0.360. The summed E-state index contributed by atoms with van der Waals surface area (Å²) in [4.78, 5) is 11.8. The molecule has 0 amide bonds. The van der Waals surface area contributed by atoms with E-state index in [-0.39, 0.29) is 8.22 Å². The molecule has 20 heavy (non-hydrogen) atoms. The summed E-state index contributed by atoms with van der Waals surface area (Å²) in [6.07, 6.45) is -0.670. The largest absolute Gasteiger partial charge is 0.511 e. The minimum atomic E-state index is -0.670. The number of carbonyl (C=O) groups excluding carboxylic acids is 1. The fraction of sp³-hybridized carbons (Fsp3) is 0.133. The summed E-state index contributed by atoms with van der Waals surface area (Å²) in [5.41, 5.74) is 1.85. The molecule has 0 radical (unpaired) electrons. The molecule has 0 N–H and O–H groups in total. The molecule has 0 aliphatic rings. The van der Waals surface area contributed by atoms with Crippen LogP contribution in [-0.2, 0) is 9.47 Å². The van der Waals surface area contributed by atoms with Gasteiger partial charge in [0.1, 0.15) is 0 Å². The summed E-state index contributed by atoms with van der Waals surface area (Å²) >= 11 is 4.12. The van der Waals surface area contributed by atoms with Crippen LogP contribution in [0, 0.1) is 0 Å². The number of hydrogen-bond donors (Lipinski definition) is 0. The number of halogens is 2. The molecular formula is C15H12I2O3. The summed E-state index contributed by atoms with van der Waals surface area (Å²) in [6, 6.07) is 19.1. The molecule has 2 aromatic rings. The van der Waals surface area contributed by atoms with Crippen LogP contribution in [0.25, 0.3) is 0 Å². The smallest absolute Gasteiger partial charge is 0.415 e. The molecule has 5 heteroatoms. The van der Waals surface area contributed by atoms with E-state index >= 15 is 0 Å². The van der Waals surface area contributed by atoms with Crippen LogP contribution in [0.4, 0.5) is 4.79 Å². The van der Waals surface area contributed by atoms with Crippen molar-refractivity contribution in [1.82, 2.24) is 0 Å². The van der Waals surface area contributed by atoms with Gasteiger partial charge in [-0.3, -0.25) is 0 Å². The van der Waals surface area contributed by atoms with Gasteiger partial charge >= 0.3 is 6.16 Å². The lowest BCUT2D eigenvalue weighted by Crippen LogP contribution is -2.10. The summed E-state index contributed by atoms with van der Waals surface area (Å²) in [6.45, 7) is 0. The molecule has 0 bridgehead atoms. The first-order valence-corrected chi connectivity index (χ1v) is 8.41. The lowest BCUT2D eigenvalue weighted by molar-refractivity contribution is 0.0471. The lowest BCUT2D eigenvalue weighted by Gasteiger charge is -2.15. The van der Waals surface area contributed by atoms with Crippen LogP contribution < -0.4 is 0 Å². The normalized spacial score (nSPS) is 13.3. The Morgan fingerprint density at radius 1 is 0.750 bits per heavy atom. The van der Waals surface area contributed by atoms with Crippen LogP contribution in [0.5, 0.6) is 0 Å². The highest BCUT2D eigenvalue weighted by Crippen LogP contribution is 2.28. The number of alkyl halides is 2. The fourth-order valence-corrected chi connectivity index (χ4v) is 2.79. The van der Waals surface area contributed by atoms with Crippen LogP contribution in [0.2, 0.25) is 0 Å². The van der Waals surface area contributed by atoms with Crippen LogP contribution in [0.15, 0.2) is 60.7 Å². The maximum Gasteiger partial charge on any atom is 0.511 e. The Kier molecular flexibility index (Phi) is 6.08. The van der Waals surface area contributed by atoms with Crippen molar-refractivity contribution in [2.24, 2.45) is 0 Å². The molecule has 0 aromatic heterocycles. The van der Waals surface area contributed by atoms with E-state index in [0.717, 1.165) is 11.1 Å². The number of ether oxygens (including phenoxy) is 2. The van der Waals surface area contributed by atoms with Gasteiger partial charge in [-0.15, -0.1) is 0 Å². The van der Waals surface area contributed by atoms with E-state index in [1.54, 1.807) is 0 Å². The Balaban J connectivity index is 1.90. The molecule has 3 nitrogen and oxygen atoms in total. The van der Waals surface area contributed by atoms with Crippen LogP contribution >= 0.6 is 45.2 Å². The Hall–Kier alpha value is -0.830. The minimum Gasteiger partial charge on any atom is -0.415 e. The van der Waals surface area contributed by atoms with Crippen molar-refractivity contribution in [3.63, 3.8) is 0 Å². The molecule has 2 unspecified atom stereocenters. The molecule has 0 saturated carbocycles. The fourth-order valence-electron chi connectivity index (χ4n) is 1.54. The molecule has 104 valence electrons. The average molecular weight is 494 g/mol. The SMILES string of the molecule is O=C(OC(I)c1ccccc1)OC(I)c1ccccc1. The predicted molar refractivity (Wildman–Crippen MR) is 94.0 cm³/mol. The zero-order valence-corrected chi connectivity index (χ0v) is 14.7. The number of rotatable bonds is 4. The van der Waals surface area contributed by atoms with Crippen LogP contribution in [0.3, 0.4) is 0 Å². The topological polar surface area (TPSA) is 35.5 Å². The van der Waals surface area contributed by atoms with Gasteiger partial charge in [0.2, 0.25) is 0 Å². The lowest BCUT2D eigenvalue weighted by atomic mass is 10.2. The first kappa shape index (κ1) is 15.6. The monoisotopic (exact) mass is 494 g/mol. The first-order valence-electron chi connectivity index (χ1n) is 5.92. The van der Waals surface area contributed by atoms with E-state index in [2.05, 4.69) is 45.2 Å². The molecule has 0 spiro atoms. The van der Waals surface area contributed by atoms with Crippen molar-refractivity contribution in [3.8, 4) is 0 Å². The second-order valence-corrected chi connectivity index (χ2v) is 6.20. The maximum atomic E-state index is 11.8. The Morgan fingerprint density at radius 3 is 1.45 bits per heavy atom. The number of benzene rings is 2. The average Bonchev–Trinajstić information content (AvgIpc) is 2.49. The number of carbonyl (C=O) groups is 1. The summed E-state index contributed by atoms with van der Waals surface area (Å²) < 4.78 is 9.78. The maximum absolute atomic E-state index is 11.8. The zero-order chi connectivity index (χ0) is 14.4. The van der Waals surface area contributed by atoms with E-state index in [1.807, 2.05) is 60.7 Å². The van der Waals surface area contributed by atoms with Crippen molar-refractivity contribution in [2.75, 3.05) is 0 Å². The molecular weight excluding hydrogens is 482 g/mol. The van der Waals surface area contributed by atoms with Gasteiger partial charge < -0.3 is 9.47 Å². The van der Waals surface area contributed by atoms with E-state index in [1.165, 1.54) is 0 Å². The van der Waals surface area contributed by atoms with Crippen molar-refractivity contribution < 1.29 is 14.3 Å². The highest BCUT2D eigenvalue weighted by Gasteiger charge is 2.18. The molecule has 2 aromatic carbocycles. The van der Waals surface area contributed by atoms with Crippen LogP contribution in [0.1, 0.15) is 19.3 Å². The van der Waals surface area contributed by atoms with Crippen molar-refractivity contribution >= 4 is 51.3 Å². The van der Waals surface area contributed by atoms with Crippen LogP contribution in [-0.4, -0.2) is 6.16 Å². The van der Waals surface area contributed by atoms with Gasteiger partial charge in [0.15, 0.2) is 8.22 Å². The third kappa shape index (κ3) is 4.62. The van der Waals surface area contributed by atoms with Gasteiger partial charge in [0.25, 0.3) is 0 Å². The highest BCUT2D eigenvalue weighted by molar-refractivity contribution is 14.1. The van der Waals surface area contributed by atoms with Gasteiger partial charge in [-0.1, -0.05) is 60.7 Å². The standard InChI is InChI=1S/C15H12I2O3/c16-13(11-7-3-1-4-8-11)19-15(18)20-14(17)12-9-5-2-6-10-12/h1-10,13-14H. The van der Waals surface area contributed by atoms with Gasteiger partial charge in [-0.05, 0) is 45.2 Å². The quantitative estimate of drug-likeness (QED) is 0.324. The summed E-state index contributed by atoms with van der Waals surface area (Å²) in [7, 11) is 0. The second-order valence-electron chi connectivity index (χ2n) is 3.94. The first-order chi connectivity index (χ1) is 9.66. The molecule has 0 heterocycles. The number of hydrogen-bond acceptors (Lipinski definition) is 3. The molecule has 2 atom stereocenters. The molecule has 2 rings (SSSR count). The molecule has 0 saturated heterocycles. The molecule has 0 fully saturated rings. The highest BCUT2D eigenvalue weighted by atomic mass is 127. The Labute approximate surface area is 144 Å². The molecule has 0 aliphatic heterocycles. The summed E-state index contributed by atoms with van der Waals surface area (Å²) in [5, 5.41) is 0. The van der Waals surface area contributed by atoms with Gasteiger partial charge in [-0.25, -0.2) is 4.79 Å². The van der Waals surface area contributed by atoms with Crippen molar-refractivity contribution in [3.05, 3.63) is 71.8 Å². The zero-order valence-electron chi connectivity index (χ0n) is 10.4.